The molecule has 2 N–H and O–H groups in total. The highest BCUT2D eigenvalue weighted by molar-refractivity contribution is 5.21. The Labute approximate surface area is 75.4 Å². The standard InChI is InChI=1S/C9H9N3O/c10-9(7-1-4-13-6-7)8-5-11-2-3-12-8/h1-6,9H,10H2. The van der Waals surface area contributed by atoms with Gasteiger partial charge in [0.15, 0.2) is 0 Å². The van der Waals surface area contributed by atoms with Gasteiger partial charge in [-0.05, 0) is 6.07 Å². The summed E-state index contributed by atoms with van der Waals surface area (Å²) in [6.07, 6.45) is 8.09. The van der Waals surface area contributed by atoms with Gasteiger partial charge < -0.3 is 10.2 Å². The van der Waals surface area contributed by atoms with E-state index in [1.807, 2.05) is 6.07 Å². The third kappa shape index (κ3) is 1.57. The Kier molecular flexibility index (Phi) is 2.06. The SMILES string of the molecule is NC(c1ccoc1)c1cnccn1. The van der Waals surface area contributed by atoms with E-state index in [0.717, 1.165) is 11.3 Å². The van der Waals surface area contributed by atoms with Crippen LogP contribution < -0.4 is 5.73 Å². The van der Waals surface area contributed by atoms with Crippen molar-refractivity contribution in [1.29, 1.82) is 0 Å². The molecule has 1 atom stereocenters. The normalized spacial score (nSPS) is 12.7. The Morgan fingerprint density at radius 3 is 2.92 bits per heavy atom. The maximum Gasteiger partial charge on any atom is 0.0954 e. The lowest BCUT2D eigenvalue weighted by Gasteiger charge is -2.06. The van der Waals surface area contributed by atoms with Crippen LogP contribution in [0, 0.1) is 0 Å². The van der Waals surface area contributed by atoms with Crippen molar-refractivity contribution >= 4 is 0 Å². The van der Waals surface area contributed by atoms with Crippen LogP contribution in [0.4, 0.5) is 0 Å². The van der Waals surface area contributed by atoms with Crippen molar-refractivity contribution in [3.63, 3.8) is 0 Å². The van der Waals surface area contributed by atoms with Crippen LogP contribution in [0.2, 0.25) is 0 Å². The van der Waals surface area contributed by atoms with Crippen molar-refractivity contribution in [3.05, 3.63) is 48.4 Å². The highest BCUT2D eigenvalue weighted by atomic mass is 16.3. The van der Waals surface area contributed by atoms with Gasteiger partial charge in [0.1, 0.15) is 0 Å². The smallest absolute Gasteiger partial charge is 0.0954 e. The molecule has 2 heterocycles. The summed E-state index contributed by atoms with van der Waals surface area (Å²) in [5, 5.41) is 0. The predicted octanol–water partition coefficient (Wildman–Crippen LogP) is 1.12. The lowest BCUT2D eigenvalue weighted by Crippen LogP contribution is -2.12. The minimum atomic E-state index is -0.257. The van der Waals surface area contributed by atoms with Gasteiger partial charge in [-0.3, -0.25) is 9.97 Å². The van der Waals surface area contributed by atoms with Crippen LogP contribution in [0.3, 0.4) is 0 Å². The van der Waals surface area contributed by atoms with Crippen LogP contribution in [0.25, 0.3) is 0 Å². The van der Waals surface area contributed by atoms with E-state index in [4.69, 9.17) is 10.2 Å². The van der Waals surface area contributed by atoms with E-state index in [1.54, 1.807) is 31.1 Å². The van der Waals surface area contributed by atoms with Crippen molar-refractivity contribution in [2.24, 2.45) is 5.73 Å². The molecule has 0 aliphatic rings. The third-order valence-electron chi connectivity index (χ3n) is 1.80. The summed E-state index contributed by atoms with van der Waals surface area (Å²) >= 11 is 0. The number of nitrogens with two attached hydrogens (primary N) is 1. The van der Waals surface area contributed by atoms with Crippen LogP contribution in [0.1, 0.15) is 17.3 Å². The Bertz CT molecular complexity index is 358. The second-order valence-corrected chi connectivity index (χ2v) is 2.66. The molecule has 4 nitrogen and oxygen atoms in total. The van der Waals surface area contributed by atoms with Crippen molar-refractivity contribution < 1.29 is 4.42 Å². The first kappa shape index (κ1) is 7.94. The molecule has 13 heavy (non-hydrogen) atoms. The molecule has 0 saturated carbocycles. The molecule has 0 aliphatic carbocycles. The first-order chi connectivity index (χ1) is 6.38. The average Bonchev–Trinajstić information content (AvgIpc) is 2.71. The van der Waals surface area contributed by atoms with Gasteiger partial charge in [-0.2, -0.15) is 0 Å². The Morgan fingerprint density at radius 2 is 2.31 bits per heavy atom. The molecule has 0 aliphatic heterocycles. The van der Waals surface area contributed by atoms with Gasteiger partial charge in [0.05, 0.1) is 30.5 Å². The number of hydrogen-bond donors (Lipinski definition) is 1. The molecule has 2 rings (SSSR count). The monoisotopic (exact) mass is 175 g/mol. The van der Waals surface area contributed by atoms with E-state index in [1.165, 1.54) is 0 Å². The fourth-order valence-corrected chi connectivity index (χ4v) is 1.09. The van der Waals surface area contributed by atoms with Gasteiger partial charge in [-0.15, -0.1) is 0 Å². The molecule has 0 fully saturated rings. The molecule has 66 valence electrons. The topological polar surface area (TPSA) is 64.9 Å². The van der Waals surface area contributed by atoms with Gasteiger partial charge in [-0.1, -0.05) is 0 Å². The molecule has 0 amide bonds. The van der Waals surface area contributed by atoms with Crippen LogP contribution in [-0.2, 0) is 0 Å². The Balaban J connectivity index is 2.29. The lowest BCUT2D eigenvalue weighted by atomic mass is 10.1. The molecule has 0 radical (unpaired) electrons. The zero-order valence-corrected chi connectivity index (χ0v) is 6.92. The quantitative estimate of drug-likeness (QED) is 0.742. The zero-order valence-electron chi connectivity index (χ0n) is 6.92. The first-order valence-corrected chi connectivity index (χ1v) is 3.91. The maximum atomic E-state index is 5.90. The number of rotatable bonds is 2. The molecule has 2 aromatic heterocycles. The molecule has 0 spiro atoms. The molecule has 2 aromatic rings. The fourth-order valence-electron chi connectivity index (χ4n) is 1.09. The highest BCUT2D eigenvalue weighted by Gasteiger charge is 2.10. The molecular weight excluding hydrogens is 166 g/mol. The van der Waals surface area contributed by atoms with E-state index >= 15 is 0 Å². The number of furan rings is 1. The molecule has 1 unspecified atom stereocenters. The lowest BCUT2D eigenvalue weighted by molar-refractivity contribution is 0.561. The van der Waals surface area contributed by atoms with Gasteiger partial charge >= 0.3 is 0 Å². The molecule has 4 heteroatoms. The molecular formula is C9H9N3O. The van der Waals surface area contributed by atoms with Gasteiger partial charge in [0, 0.05) is 18.0 Å². The largest absolute Gasteiger partial charge is 0.472 e. The van der Waals surface area contributed by atoms with E-state index < -0.39 is 0 Å². The van der Waals surface area contributed by atoms with Crippen molar-refractivity contribution in [2.45, 2.75) is 6.04 Å². The fraction of sp³-hybridized carbons (Fsp3) is 0.111. The van der Waals surface area contributed by atoms with Crippen molar-refractivity contribution in [3.8, 4) is 0 Å². The second-order valence-electron chi connectivity index (χ2n) is 2.66. The van der Waals surface area contributed by atoms with Crippen LogP contribution in [0.15, 0.2) is 41.6 Å². The average molecular weight is 175 g/mol. The number of hydrogen-bond acceptors (Lipinski definition) is 4. The number of aromatic nitrogens is 2. The summed E-state index contributed by atoms with van der Waals surface area (Å²) in [5.41, 5.74) is 7.54. The molecule has 0 saturated heterocycles. The summed E-state index contributed by atoms with van der Waals surface area (Å²) in [6, 6.07) is 1.56. The zero-order chi connectivity index (χ0) is 9.10. The summed E-state index contributed by atoms with van der Waals surface area (Å²) in [6.45, 7) is 0. The summed E-state index contributed by atoms with van der Waals surface area (Å²) in [4.78, 5) is 8.05. The van der Waals surface area contributed by atoms with Crippen molar-refractivity contribution in [1.82, 2.24) is 9.97 Å². The number of nitrogens with zero attached hydrogens (tertiary/aromatic N) is 2. The van der Waals surface area contributed by atoms with Gasteiger partial charge in [0.25, 0.3) is 0 Å². The van der Waals surface area contributed by atoms with Crippen LogP contribution in [-0.4, -0.2) is 9.97 Å². The molecule has 0 bridgehead atoms. The van der Waals surface area contributed by atoms with Gasteiger partial charge in [0.2, 0.25) is 0 Å². The van der Waals surface area contributed by atoms with Crippen molar-refractivity contribution in [2.75, 3.05) is 0 Å². The van der Waals surface area contributed by atoms with E-state index in [2.05, 4.69) is 9.97 Å². The van der Waals surface area contributed by atoms with E-state index in [-0.39, 0.29) is 6.04 Å². The summed E-state index contributed by atoms with van der Waals surface area (Å²) < 4.78 is 4.93. The van der Waals surface area contributed by atoms with Gasteiger partial charge in [-0.25, -0.2) is 0 Å². The minimum absolute atomic E-state index is 0.257. The first-order valence-electron chi connectivity index (χ1n) is 3.91. The Hall–Kier alpha value is -1.68. The van der Waals surface area contributed by atoms with Crippen LogP contribution in [0.5, 0.6) is 0 Å². The van der Waals surface area contributed by atoms with E-state index in [9.17, 15) is 0 Å². The molecule has 0 aromatic carbocycles. The minimum Gasteiger partial charge on any atom is -0.472 e. The Morgan fingerprint density at radius 1 is 1.38 bits per heavy atom. The maximum absolute atomic E-state index is 5.90. The summed E-state index contributed by atoms with van der Waals surface area (Å²) in [5.74, 6) is 0. The van der Waals surface area contributed by atoms with E-state index in [0.29, 0.717) is 0 Å². The van der Waals surface area contributed by atoms with Crippen LogP contribution >= 0.6 is 0 Å². The second kappa shape index (κ2) is 3.37. The third-order valence-corrected chi connectivity index (χ3v) is 1.80. The summed E-state index contributed by atoms with van der Waals surface area (Å²) in [7, 11) is 0. The highest BCUT2D eigenvalue weighted by Crippen LogP contribution is 2.16. The predicted molar refractivity (Wildman–Crippen MR) is 46.8 cm³/mol.